The molecular formula is C11H14N2O2. The molecule has 0 heterocycles. The van der Waals surface area contributed by atoms with Crippen molar-refractivity contribution in [3.63, 3.8) is 0 Å². The molecule has 0 radical (unpaired) electrons. The smallest absolute Gasteiger partial charge is 0.176 e. The molecule has 1 rings (SSSR count). The molecule has 0 bridgehead atoms. The second-order valence-corrected chi connectivity index (χ2v) is 3.33. The Morgan fingerprint density at radius 2 is 2.20 bits per heavy atom. The normalized spacial score (nSPS) is 12.1. The third kappa shape index (κ3) is 3.27. The van der Waals surface area contributed by atoms with Crippen molar-refractivity contribution in [2.45, 2.75) is 12.5 Å². The maximum absolute atomic E-state index is 11.3. The molecule has 4 nitrogen and oxygen atoms in total. The van der Waals surface area contributed by atoms with Crippen LogP contribution in [0.2, 0.25) is 0 Å². The Kier molecular flexibility index (Phi) is 4.15. The van der Waals surface area contributed by atoms with Gasteiger partial charge in [-0.1, -0.05) is 18.2 Å². The van der Waals surface area contributed by atoms with Crippen molar-refractivity contribution < 1.29 is 9.59 Å². The van der Waals surface area contributed by atoms with Gasteiger partial charge in [-0.25, -0.2) is 0 Å². The number of Topliss-reactive ketones (excluding diaryl/α,β-unsaturated/α-hetero) is 1. The van der Waals surface area contributed by atoms with Gasteiger partial charge in [0.05, 0.1) is 12.6 Å². The fourth-order valence-electron chi connectivity index (χ4n) is 1.31. The lowest BCUT2D eigenvalue weighted by molar-refractivity contribution is -0.108. The van der Waals surface area contributed by atoms with Crippen molar-refractivity contribution in [2.75, 3.05) is 6.54 Å². The van der Waals surface area contributed by atoms with Crippen LogP contribution in [0.25, 0.3) is 0 Å². The van der Waals surface area contributed by atoms with Gasteiger partial charge in [-0.15, -0.1) is 0 Å². The minimum atomic E-state index is -0.520. The molecule has 4 N–H and O–H groups in total. The first-order valence-corrected chi connectivity index (χ1v) is 4.70. The second-order valence-electron chi connectivity index (χ2n) is 3.33. The van der Waals surface area contributed by atoms with Crippen LogP contribution in [0.15, 0.2) is 24.3 Å². The Morgan fingerprint density at radius 1 is 1.47 bits per heavy atom. The number of hydrogen-bond donors (Lipinski definition) is 2. The van der Waals surface area contributed by atoms with E-state index in [1.54, 1.807) is 18.2 Å². The molecule has 0 saturated carbocycles. The highest BCUT2D eigenvalue weighted by Gasteiger charge is 2.06. The molecule has 1 aromatic carbocycles. The summed E-state index contributed by atoms with van der Waals surface area (Å²) >= 11 is 0. The van der Waals surface area contributed by atoms with E-state index in [2.05, 4.69) is 0 Å². The molecular weight excluding hydrogens is 192 g/mol. The summed E-state index contributed by atoms with van der Waals surface area (Å²) in [7, 11) is 0. The van der Waals surface area contributed by atoms with Crippen LogP contribution in [-0.2, 0) is 11.2 Å². The lowest BCUT2D eigenvalue weighted by Crippen LogP contribution is -2.24. The summed E-state index contributed by atoms with van der Waals surface area (Å²) in [6, 6.07) is 6.49. The van der Waals surface area contributed by atoms with Gasteiger partial charge in [0.1, 0.15) is 6.29 Å². The Bertz CT molecular complexity index is 363. The van der Waals surface area contributed by atoms with Crippen molar-refractivity contribution in [3.05, 3.63) is 35.4 Å². The van der Waals surface area contributed by atoms with Crippen LogP contribution >= 0.6 is 0 Å². The Balaban J connectivity index is 2.83. The van der Waals surface area contributed by atoms with E-state index in [4.69, 9.17) is 11.5 Å². The summed E-state index contributed by atoms with van der Waals surface area (Å²) in [6.45, 7) is -0.0107. The number of aldehydes is 1. The van der Waals surface area contributed by atoms with Gasteiger partial charge >= 0.3 is 0 Å². The van der Waals surface area contributed by atoms with Crippen LogP contribution in [0.1, 0.15) is 15.9 Å². The number of nitrogens with two attached hydrogens (primary N) is 2. The average Bonchev–Trinajstić information content (AvgIpc) is 2.28. The predicted octanol–water partition coefficient (Wildman–Crippen LogP) is -0.103. The molecule has 80 valence electrons. The SMILES string of the molecule is NCC(=O)c1cccc(C[C@H](N)C=O)c1. The molecule has 0 aliphatic carbocycles. The highest BCUT2D eigenvalue weighted by molar-refractivity contribution is 5.97. The first kappa shape index (κ1) is 11.6. The Hall–Kier alpha value is -1.52. The Morgan fingerprint density at radius 3 is 2.80 bits per heavy atom. The lowest BCUT2D eigenvalue weighted by atomic mass is 10.0. The third-order valence-electron chi connectivity index (χ3n) is 2.08. The summed E-state index contributed by atoms with van der Waals surface area (Å²) in [5.41, 5.74) is 12.2. The average molecular weight is 206 g/mol. The number of carbonyl (C=O) groups excluding carboxylic acids is 2. The maximum Gasteiger partial charge on any atom is 0.176 e. The highest BCUT2D eigenvalue weighted by Crippen LogP contribution is 2.07. The molecule has 0 fully saturated rings. The summed E-state index contributed by atoms with van der Waals surface area (Å²) in [5, 5.41) is 0. The lowest BCUT2D eigenvalue weighted by Gasteiger charge is -2.05. The van der Waals surface area contributed by atoms with Crippen LogP contribution < -0.4 is 11.5 Å². The Labute approximate surface area is 88.3 Å². The number of benzene rings is 1. The third-order valence-corrected chi connectivity index (χ3v) is 2.08. The van der Waals surface area contributed by atoms with Gasteiger partial charge in [-0.3, -0.25) is 4.79 Å². The summed E-state index contributed by atoms with van der Waals surface area (Å²) in [6.07, 6.45) is 1.13. The number of hydrogen-bond acceptors (Lipinski definition) is 4. The van der Waals surface area contributed by atoms with Gasteiger partial charge < -0.3 is 16.3 Å². The molecule has 1 atom stereocenters. The van der Waals surface area contributed by atoms with Crippen LogP contribution in [0.5, 0.6) is 0 Å². The molecule has 1 aromatic rings. The van der Waals surface area contributed by atoms with E-state index in [1.165, 1.54) is 0 Å². The van der Waals surface area contributed by atoms with Gasteiger partial charge in [0.25, 0.3) is 0 Å². The first-order valence-electron chi connectivity index (χ1n) is 4.70. The molecule has 0 saturated heterocycles. The van der Waals surface area contributed by atoms with Gasteiger partial charge in [0.15, 0.2) is 5.78 Å². The minimum Gasteiger partial charge on any atom is -0.324 e. The van der Waals surface area contributed by atoms with Crippen molar-refractivity contribution >= 4 is 12.1 Å². The fourth-order valence-corrected chi connectivity index (χ4v) is 1.31. The second kappa shape index (κ2) is 5.38. The molecule has 0 spiro atoms. The molecule has 0 aliphatic rings. The van der Waals surface area contributed by atoms with Crippen molar-refractivity contribution in [1.82, 2.24) is 0 Å². The highest BCUT2D eigenvalue weighted by atomic mass is 16.1. The first-order chi connectivity index (χ1) is 7.17. The summed E-state index contributed by atoms with van der Waals surface area (Å²) in [5.74, 6) is -0.114. The van der Waals surface area contributed by atoms with E-state index >= 15 is 0 Å². The van der Waals surface area contributed by atoms with E-state index in [1.807, 2.05) is 6.07 Å². The zero-order valence-corrected chi connectivity index (χ0v) is 8.35. The molecule has 0 amide bonds. The topological polar surface area (TPSA) is 86.2 Å². The monoisotopic (exact) mass is 206 g/mol. The molecule has 0 aromatic heterocycles. The minimum absolute atomic E-state index is 0.0107. The van der Waals surface area contributed by atoms with Crippen LogP contribution in [-0.4, -0.2) is 24.7 Å². The van der Waals surface area contributed by atoms with E-state index in [0.717, 1.165) is 5.56 Å². The van der Waals surface area contributed by atoms with E-state index in [0.29, 0.717) is 18.3 Å². The van der Waals surface area contributed by atoms with Crippen molar-refractivity contribution in [3.8, 4) is 0 Å². The quantitative estimate of drug-likeness (QED) is 0.520. The number of ketones is 1. The molecule has 0 unspecified atom stereocenters. The van der Waals surface area contributed by atoms with Crippen LogP contribution in [0.4, 0.5) is 0 Å². The van der Waals surface area contributed by atoms with Crippen molar-refractivity contribution in [1.29, 1.82) is 0 Å². The van der Waals surface area contributed by atoms with Gasteiger partial charge in [0, 0.05) is 5.56 Å². The summed E-state index contributed by atoms with van der Waals surface area (Å²) < 4.78 is 0. The maximum atomic E-state index is 11.3. The number of rotatable bonds is 5. The van der Waals surface area contributed by atoms with Gasteiger partial charge in [0.2, 0.25) is 0 Å². The zero-order valence-electron chi connectivity index (χ0n) is 8.35. The predicted molar refractivity (Wildman–Crippen MR) is 57.6 cm³/mol. The van der Waals surface area contributed by atoms with Crippen LogP contribution in [0, 0.1) is 0 Å². The van der Waals surface area contributed by atoms with E-state index in [9.17, 15) is 9.59 Å². The molecule has 0 aliphatic heterocycles. The van der Waals surface area contributed by atoms with Crippen molar-refractivity contribution in [2.24, 2.45) is 11.5 Å². The largest absolute Gasteiger partial charge is 0.324 e. The fraction of sp³-hybridized carbons (Fsp3) is 0.273. The van der Waals surface area contributed by atoms with E-state index in [-0.39, 0.29) is 12.3 Å². The number of carbonyl (C=O) groups is 2. The standard InChI is InChI=1S/C11H14N2O2/c12-6-11(15)9-3-1-2-8(4-9)5-10(13)7-14/h1-4,7,10H,5-6,12-13H2/t10-/m0/s1. The van der Waals surface area contributed by atoms with Crippen LogP contribution in [0.3, 0.4) is 0 Å². The summed E-state index contributed by atoms with van der Waals surface area (Å²) in [4.78, 5) is 21.7. The molecule has 15 heavy (non-hydrogen) atoms. The zero-order chi connectivity index (χ0) is 11.3. The van der Waals surface area contributed by atoms with Gasteiger partial charge in [-0.05, 0) is 18.1 Å². The van der Waals surface area contributed by atoms with Gasteiger partial charge in [-0.2, -0.15) is 0 Å². The van der Waals surface area contributed by atoms with E-state index < -0.39 is 6.04 Å². The molecule has 4 heteroatoms.